The van der Waals surface area contributed by atoms with Crippen LogP contribution in [0, 0.1) is 25.7 Å². The van der Waals surface area contributed by atoms with Crippen molar-refractivity contribution in [1.29, 1.82) is 0 Å². The van der Waals surface area contributed by atoms with Gasteiger partial charge in [-0.15, -0.1) is 0 Å². The molecule has 0 fully saturated rings. The quantitative estimate of drug-likeness (QED) is 0.783. The average molecular weight is 242 g/mol. The Labute approximate surface area is 109 Å². The van der Waals surface area contributed by atoms with Gasteiger partial charge in [0.1, 0.15) is 0 Å². The minimum absolute atomic E-state index is 0.401. The molecule has 0 heterocycles. The van der Waals surface area contributed by atoms with Gasteiger partial charge in [-0.25, -0.2) is 0 Å². The molecule has 2 rings (SSSR count). The lowest BCUT2D eigenvalue weighted by Crippen LogP contribution is -2.21. The number of benzene rings is 1. The smallest absolute Gasteiger partial charge is 0.0349 e. The van der Waals surface area contributed by atoms with Crippen molar-refractivity contribution in [2.75, 3.05) is 5.73 Å². The van der Waals surface area contributed by atoms with Gasteiger partial charge >= 0.3 is 0 Å². The molecule has 0 aliphatic heterocycles. The summed E-state index contributed by atoms with van der Waals surface area (Å²) in [6, 6.07) is 4.33. The molecule has 0 amide bonds. The third-order valence-corrected chi connectivity index (χ3v) is 4.05. The van der Waals surface area contributed by atoms with Crippen LogP contribution >= 0.6 is 0 Å². The second-order valence-corrected chi connectivity index (χ2v) is 5.34. The molecular weight excluding hydrogens is 220 g/mol. The first kappa shape index (κ1) is 12.7. The number of nitrogen functional groups attached to an aromatic ring is 1. The highest BCUT2D eigenvalue weighted by atomic mass is 14.6. The summed E-state index contributed by atoms with van der Waals surface area (Å²) in [6.07, 6.45) is 7.30. The third-order valence-electron chi connectivity index (χ3n) is 4.05. The zero-order valence-corrected chi connectivity index (χ0v) is 11.4. The number of allylic oxidation sites excluding steroid dienone is 4. The summed E-state index contributed by atoms with van der Waals surface area (Å²) in [5, 5.41) is 0. The largest absolute Gasteiger partial charge is 0.402 e. The molecule has 1 aliphatic rings. The molecule has 2 nitrogen and oxygen atoms in total. The number of hydrogen-bond acceptors (Lipinski definition) is 2. The Morgan fingerprint density at radius 2 is 1.89 bits per heavy atom. The van der Waals surface area contributed by atoms with Gasteiger partial charge in [-0.1, -0.05) is 25.1 Å². The van der Waals surface area contributed by atoms with E-state index in [1.165, 1.54) is 16.7 Å². The molecule has 96 valence electrons. The predicted molar refractivity (Wildman–Crippen MR) is 78.1 cm³/mol. The van der Waals surface area contributed by atoms with E-state index in [0.717, 1.165) is 17.8 Å². The molecule has 1 aliphatic carbocycles. The van der Waals surface area contributed by atoms with Crippen molar-refractivity contribution < 1.29 is 0 Å². The fraction of sp³-hybridized carbons (Fsp3) is 0.375. The van der Waals surface area contributed by atoms with Crippen molar-refractivity contribution in [2.24, 2.45) is 17.6 Å². The maximum Gasteiger partial charge on any atom is 0.0349 e. The molecule has 0 spiro atoms. The summed E-state index contributed by atoms with van der Waals surface area (Å²) in [4.78, 5) is 0. The van der Waals surface area contributed by atoms with Gasteiger partial charge in [0.15, 0.2) is 0 Å². The van der Waals surface area contributed by atoms with E-state index in [1.54, 1.807) is 0 Å². The molecule has 0 radical (unpaired) electrons. The van der Waals surface area contributed by atoms with Crippen LogP contribution < -0.4 is 11.5 Å². The molecule has 0 aromatic heterocycles. The minimum Gasteiger partial charge on any atom is -0.402 e. The van der Waals surface area contributed by atoms with Gasteiger partial charge in [-0.2, -0.15) is 0 Å². The molecule has 2 heteroatoms. The molecule has 0 bridgehead atoms. The van der Waals surface area contributed by atoms with E-state index >= 15 is 0 Å². The normalized spacial score (nSPS) is 22.9. The van der Waals surface area contributed by atoms with E-state index in [1.807, 2.05) is 6.08 Å². The van der Waals surface area contributed by atoms with Crippen LogP contribution in [0.5, 0.6) is 0 Å². The highest BCUT2D eigenvalue weighted by Gasteiger charge is 2.19. The second-order valence-electron chi connectivity index (χ2n) is 5.34. The Kier molecular flexibility index (Phi) is 3.46. The lowest BCUT2D eigenvalue weighted by atomic mass is 9.82. The Balaban J connectivity index is 2.20. The lowest BCUT2D eigenvalue weighted by Gasteiger charge is -2.24. The summed E-state index contributed by atoms with van der Waals surface area (Å²) >= 11 is 0. The lowest BCUT2D eigenvalue weighted by molar-refractivity contribution is 0.476. The molecule has 18 heavy (non-hydrogen) atoms. The molecular formula is C16H22N2. The fourth-order valence-electron chi connectivity index (χ4n) is 2.47. The van der Waals surface area contributed by atoms with Crippen molar-refractivity contribution in [2.45, 2.75) is 27.2 Å². The summed E-state index contributed by atoms with van der Waals surface area (Å²) in [6.45, 7) is 6.37. The maximum atomic E-state index is 6.03. The monoisotopic (exact) mass is 242 g/mol. The first-order chi connectivity index (χ1) is 8.49. The van der Waals surface area contributed by atoms with Crippen LogP contribution in [-0.4, -0.2) is 0 Å². The molecule has 0 saturated carbocycles. The van der Waals surface area contributed by atoms with Gasteiger partial charge in [-0.05, 0) is 55.0 Å². The first-order valence-corrected chi connectivity index (χ1v) is 6.48. The standard InChI is InChI=1S/C16H22N2/c1-10-7-13(9-16(18)11(10)2)8-14-5-4-6-15(17)12(14)3/h4-7,9,12,14H,8,17-18H2,1-3H3/t12-,14+/m0/s1. The zero-order chi connectivity index (χ0) is 13.3. The van der Waals surface area contributed by atoms with Crippen molar-refractivity contribution in [1.82, 2.24) is 0 Å². The molecule has 1 aromatic rings. The number of aryl methyl sites for hydroxylation is 1. The van der Waals surface area contributed by atoms with Gasteiger partial charge in [0.25, 0.3) is 0 Å². The van der Waals surface area contributed by atoms with E-state index < -0.39 is 0 Å². The van der Waals surface area contributed by atoms with E-state index in [0.29, 0.717) is 11.8 Å². The number of hydrogen-bond donors (Lipinski definition) is 2. The summed E-state index contributed by atoms with van der Waals surface area (Å²) in [7, 11) is 0. The average Bonchev–Trinajstić information content (AvgIpc) is 2.32. The SMILES string of the molecule is Cc1cc(C[C@H]2C=CC=C(N)[C@H]2C)cc(N)c1C. The van der Waals surface area contributed by atoms with Gasteiger partial charge < -0.3 is 11.5 Å². The van der Waals surface area contributed by atoms with Gasteiger partial charge in [0, 0.05) is 17.3 Å². The van der Waals surface area contributed by atoms with Crippen LogP contribution in [0.4, 0.5) is 5.69 Å². The molecule has 1 aromatic carbocycles. The Bertz CT molecular complexity index is 489. The zero-order valence-electron chi connectivity index (χ0n) is 11.4. The van der Waals surface area contributed by atoms with E-state index in [-0.39, 0.29) is 0 Å². The van der Waals surface area contributed by atoms with Gasteiger partial charge in [-0.3, -0.25) is 0 Å². The number of anilines is 1. The van der Waals surface area contributed by atoms with Crippen molar-refractivity contribution in [3.05, 3.63) is 52.7 Å². The Morgan fingerprint density at radius 1 is 1.17 bits per heavy atom. The van der Waals surface area contributed by atoms with Crippen LogP contribution in [0.15, 0.2) is 36.1 Å². The van der Waals surface area contributed by atoms with Crippen molar-refractivity contribution in [3.8, 4) is 0 Å². The third kappa shape index (κ3) is 2.42. The molecule has 4 N–H and O–H groups in total. The molecule has 2 atom stereocenters. The summed E-state index contributed by atoms with van der Waals surface area (Å²) in [5.41, 5.74) is 17.6. The van der Waals surface area contributed by atoms with Crippen LogP contribution in [0.3, 0.4) is 0 Å². The summed E-state index contributed by atoms with van der Waals surface area (Å²) < 4.78 is 0. The topological polar surface area (TPSA) is 52.0 Å². The number of nitrogens with two attached hydrogens (primary N) is 2. The van der Waals surface area contributed by atoms with E-state index in [9.17, 15) is 0 Å². The highest BCUT2D eigenvalue weighted by Crippen LogP contribution is 2.28. The van der Waals surface area contributed by atoms with Crippen molar-refractivity contribution >= 4 is 5.69 Å². The first-order valence-electron chi connectivity index (χ1n) is 6.48. The Hall–Kier alpha value is -1.70. The summed E-state index contributed by atoms with van der Waals surface area (Å²) in [5.74, 6) is 0.870. The molecule has 0 unspecified atom stereocenters. The molecule has 0 saturated heterocycles. The van der Waals surface area contributed by atoms with Crippen molar-refractivity contribution in [3.63, 3.8) is 0 Å². The van der Waals surface area contributed by atoms with Crippen LogP contribution in [0.2, 0.25) is 0 Å². The Morgan fingerprint density at radius 3 is 2.56 bits per heavy atom. The van der Waals surface area contributed by atoms with Gasteiger partial charge in [0.2, 0.25) is 0 Å². The van der Waals surface area contributed by atoms with Crippen LogP contribution in [0.25, 0.3) is 0 Å². The number of rotatable bonds is 2. The minimum atomic E-state index is 0.401. The maximum absolute atomic E-state index is 6.03. The predicted octanol–water partition coefficient (Wildman–Crippen LogP) is 3.09. The highest BCUT2D eigenvalue weighted by molar-refractivity contribution is 5.52. The van der Waals surface area contributed by atoms with Crippen LogP contribution in [0.1, 0.15) is 23.6 Å². The second kappa shape index (κ2) is 4.89. The van der Waals surface area contributed by atoms with Gasteiger partial charge in [0.05, 0.1) is 0 Å². The van der Waals surface area contributed by atoms with E-state index in [4.69, 9.17) is 11.5 Å². The van der Waals surface area contributed by atoms with E-state index in [2.05, 4.69) is 45.1 Å². The van der Waals surface area contributed by atoms with Crippen LogP contribution in [-0.2, 0) is 6.42 Å². The fourth-order valence-corrected chi connectivity index (χ4v) is 2.47.